The van der Waals surface area contributed by atoms with E-state index >= 15 is 0 Å². The molecule has 1 aromatic rings. The number of nitrogens with one attached hydrogen (secondary N) is 1. The molecule has 1 aliphatic heterocycles. The highest BCUT2D eigenvalue weighted by Gasteiger charge is 2.18. The van der Waals surface area contributed by atoms with Crippen molar-refractivity contribution in [3.63, 3.8) is 0 Å². The standard InChI is InChI=1S/C10H11BrN2O3/c11-9-5-7(13(14)15)1-2-10(9)16-8-3-4-12-6-8/h1-2,5,8,12H,3-4,6H2. The Morgan fingerprint density at radius 2 is 2.38 bits per heavy atom. The van der Waals surface area contributed by atoms with Crippen LogP contribution in [0.5, 0.6) is 5.75 Å². The second kappa shape index (κ2) is 4.80. The number of non-ortho nitro benzene ring substituents is 1. The molecule has 0 spiro atoms. The van der Waals surface area contributed by atoms with Crippen molar-refractivity contribution in [1.29, 1.82) is 0 Å². The van der Waals surface area contributed by atoms with E-state index in [1.807, 2.05) is 0 Å². The van der Waals surface area contributed by atoms with Gasteiger partial charge in [-0.2, -0.15) is 0 Å². The van der Waals surface area contributed by atoms with Crippen molar-refractivity contribution in [3.8, 4) is 5.75 Å². The van der Waals surface area contributed by atoms with Crippen molar-refractivity contribution in [2.45, 2.75) is 12.5 Å². The summed E-state index contributed by atoms with van der Waals surface area (Å²) in [6.07, 6.45) is 1.11. The van der Waals surface area contributed by atoms with Gasteiger partial charge in [0, 0.05) is 18.7 Å². The van der Waals surface area contributed by atoms with Crippen LogP contribution in [0.1, 0.15) is 6.42 Å². The van der Waals surface area contributed by atoms with Gasteiger partial charge in [0.2, 0.25) is 0 Å². The summed E-state index contributed by atoms with van der Waals surface area (Å²) in [4.78, 5) is 10.1. The van der Waals surface area contributed by atoms with Crippen LogP contribution in [0.15, 0.2) is 22.7 Å². The summed E-state index contributed by atoms with van der Waals surface area (Å²) in [5.41, 5.74) is 0.0590. The van der Waals surface area contributed by atoms with Crippen molar-refractivity contribution >= 4 is 21.6 Å². The number of nitrogens with zero attached hydrogens (tertiary/aromatic N) is 1. The molecule has 1 unspecified atom stereocenters. The van der Waals surface area contributed by atoms with E-state index < -0.39 is 4.92 Å². The van der Waals surface area contributed by atoms with E-state index in [1.54, 1.807) is 6.07 Å². The van der Waals surface area contributed by atoms with Gasteiger partial charge in [0.15, 0.2) is 0 Å². The molecule has 0 aromatic heterocycles. The van der Waals surface area contributed by atoms with Crippen LogP contribution in [0.3, 0.4) is 0 Å². The smallest absolute Gasteiger partial charge is 0.270 e. The van der Waals surface area contributed by atoms with Crippen molar-refractivity contribution in [2.24, 2.45) is 0 Å². The van der Waals surface area contributed by atoms with Crippen LogP contribution >= 0.6 is 15.9 Å². The Bertz CT molecular complexity index is 405. The first-order valence-electron chi connectivity index (χ1n) is 4.98. The van der Waals surface area contributed by atoms with Gasteiger partial charge in [-0.05, 0) is 35.0 Å². The molecule has 1 aliphatic rings. The molecule has 0 amide bonds. The van der Waals surface area contributed by atoms with Crippen molar-refractivity contribution in [3.05, 3.63) is 32.8 Å². The fourth-order valence-electron chi connectivity index (χ4n) is 1.61. The summed E-state index contributed by atoms with van der Waals surface area (Å²) in [6, 6.07) is 4.53. The lowest BCUT2D eigenvalue weighted by Crippen LogP contribution is -2.19. The first-order chi connectivity index (χ1) is 7.66. The predicted molar refractivity (Wildman–Crippen MR) is 62.7 cm³/mol. The minimum atomic E-state index is -0.425. The maximum absolute atomic E-state index is 10.5. The quantitative estimate of drug-likeness (QED) is 0.683. The lowest BCUT2D eigenvalue weighted by Gasteiger charge is -2.13. The number of halogens is 1. The first kappa shape index (κ1) is 11.3. The monoisotopic (exact) mass is 286 g/mol. The van der Waals surface area contributed by atoms with E-state index in [-0.39, 0.29) is 11.8 Å². The molecule has 0 saturated carbocycles. The van der Waals surface area contributed by atoms with Crippen LogP contribution in [-0.2, 0) is 0 Å². The van der Waals surface area contributed by atoms with Gasteiger partial charge in [-0.1, -0.05) is 0 Å². The zero-order chi connectivity index (χ0) is 11.5. The average molecular weight is 287 g/mol. The number of hydrogen-bond acceptors (Lipinski definition) is 4. The maximum Gasteiger partial charge on any atom is 0.270 e. The van der Waals surface area contributed by atoms with E-state index in [9.17, 15) is 10.1 Å². The Kier molecular flexibility index (Phi) is 3.40. The highest BCUT2D eigenvalue weighted by Crippen LogP contribution is 2.30. The zero-order valence-electron chi connectivity index (χ0n) is 8.48. The molecular weight excluding hydrogens is 276 g/mol. The van der Waals surface area contributed by atoms with E-state index in [0.717, 1.165) is 19.5 Å². The van der Waals surface area contributed by atoms with Crippen molar-refractivity contribution < 1.29 is 9.66 Å². The largest absolute Gasteiger partial charge is 0.488 e. The van der Waals surface area contributed by atoms with Crippen LogP contribution < -0.4 is 10.1 Å². The summed E-state index contributed by atoms with van der Waals surface area (Å²) in [6.45, 7) is 1.78. The van der Waals surface area contributed by atoms with Gasteiger partial charge in [-0.3, -0.25) is 10.1 Å². The summed E-state index contributed by atoms with van der Waals surface area (Å²) in [5, 5.41) is 13.7. The average Bonchev–Trinajstić information content (AvgIpc) is 2.73. The fourth-order valence-corrected chi connectivity index (χ4v) is 2.07. The van der Waals surface area contributed by atoms with Crippen LogP contribution in [0.4, 0.5) is 5.69 Å². The Balaban J connectivity index is 2.12. The summed E-state index contributed by atoms with van der Waals surface area (Å²) >= 11 is 3.27. The second-order valence-electron chi connectivity index (χ2n) is 3.60. The van der Waals surface area contributed by atoms with Crippen LogP contribution in [0.2, 0.25) is 0 Å². The molecule has 1 aromatic carbocycles. The normalized spacial score (nSPS) is 19.7. The van der Waals surface area contributed by atoms with Crippen LogP contribution in [-0.4, -0.2) is 24.1 Å². The van der Waals surface area contributed by atoms with Gasteiger partial charge < -0.3 is 10.1 Å². The van der Waals surface area contributed by atoms with E-state index in [4.69, 9.17) is 4.74 Å². The lowest BCUT2D eigenvalue weighted by molar-refractivity contribution is -0.385. The zero-order valence-corrected chi connectivity index (χ0v) is 10.1. The van der Waals surface area contributed by atoms with E-state index in [0.29, 0.717) is 10.2 Å². The molecule has 1 saturated heterocycles. The molecule has 1 fully saturated rings. The summed E-state index contributed by atoms with van der Waals surface area (Å²) in [7, 11) is 0. The molecule has 0 aliphatic carbocycles. The lowest BCUT2D eigenvalue weighted by atomic mass is 10.3. The highest BCUT2D eigenvalue weighted by molar-refractivity contribution is 9.10. The fraction of sp³-hybridized carbons (Fsp3) is 0.400. The molecular formula is C10H11BrN2O3. The van der Waals surface area contributed by atoms with Gasteiger partial charge in [0.1, 0.15) is 11.9 Å². The third-order valence-corrected chi connectivity index (χ3v) is 3.05. The van der Waals surface area contributed by atoms with Gasteiger partial charge in [-0.15, -0.1) is 0 Å². The molecule has 86 valence electrons. The molecule has 16 heavy (non-hydrogen) atoms. The Morgan fingerprint density at radius 3 is 2.94 bits per heavy atom. The van der Waals surface area contributed by atoms with E-state index in [1.165, 1.54) is 12.1 Å². The minimum absolute atomic E-state index is 0.0590. The Hall–Kier alpha value is -1.14. The predicted octanol–water partition coefficient (Wildman–Crippen LogP) is 2.10. The molecule has 6 heteroatoms. The van der Waals surface area contributed by atoms with Crippen LogP contribution in [0.25, 0.3) is 0 Å². The van der Waals surface area contributed by atoms with Gasteiger partial charge in [0.25, 0.3) is 5.69 Å². The molecule has 2 rings (SSSR count). The van der Waals surface area contributed by atoms with Crippen molar-refractivity contribution in [2.75, 3.05) is 13.1 Å². The number of benzene rings is 1. The Labute approximate surface area is 101 Å². The number of hydrogen-bond donors (Lipinski definition) is 1. The summed E-state index contributed by atoms with van der Waals surface area (Å²) < 4.78 is 6.33. The molecule has 1 heterocycles. The van der Waals surface area contributed by atoms with Gasteiger partial charge in [-0.25, -0.2) is 0 Å². The third kappa shape index (κ3) is 2.51. The number of ether oxygens (including phenoxy) is 1. The molecule has 1 N–H and O–H groups in total. The maximum atomic E-state index is 10.5. The number of nitro benzene ring substituents is 1. The first-order valence-corrected chi connectivity index (χ1v) is 5.77. The molecule has 0 bridgehead atoms. The third-order valence-electron chi connectivity index (χ3n) is 2.44. The SMILES string of the molecule is O=[N+]([O-])c1ccc(OC2CCNC2)c(Br)c1. The minimum Gasteiger partial charge on any atom is -0.488 e. The van der Waals surface area contributed by atoms with Crippen molar-refractivity contribution in [1.82, 2.24) is 5.32 Å². The topological polar surface area (TPSA) is 64.4 Å². The Morgan fingerprint density at radius 1 is 1.56 bits per heavy atom. The van der Waals surface area contributed by atoms with Gasteiger partial charge in [0.05, 0.1) is 9.40 Å². The van der Waals surface area contributed by atoms with Crippen LogP contribution in [0, 0.1) is 10.1 Å². The summed E-state index contributed by atoms with van der Waals surface area (Å²) in [5.74, 6) is 0.652. The highest BCUT2D eigenvalue weighted by atomic mass is 79.9. The molecule has 1 atom stereocenters. The molecule has 0 radical (unpaired) electrons. The second-order valence-corrected chi connectivity index (χ2v) is 4.46. The number of rotatable bonds is 3. The molecule has 5 nitrogen and oxygen atoms in total. The number of nitro groups is 1. The van der Waals surface area contributed by atoms with Gasteiger partial charge >= 0.3 is 0 Å². The van der Waals surface area contributed by atoms with E-state index in [2.05, 4.69) is 21.2 Å².